The molecule has 2 N–H and O–H groups in total. The largest absolute Gasteiger partial charge is 0.377 e. The van der Waals surface area contributed by atoms with Crippen molar-refractivity contribution in [1.29, 1.82) is 0 Å². The Morgan fingerprint density at radius 2 is 1.94 bits per heavy atom. The van der Waals surface area contributed by atoms with Gasteiger partial charge in [0.15, 0.2) is 0 Å². The van der Waals surface area contributed by atoms with E-state index in [1.54, 1.807) is 0 Å². The van der Waals surface area contributed by atoms with Crippen molar-refractivity contribution in [3.05, 3.63) is 12.2 Å². The third-order valence-electron chi connectivity index (χ3n) is 5.80. The van der Waals surface area contributed by atoms with Crippen LogP contribution in [-0.2, 0) is 4.74 Å². The molecule has 0 spiro atoms. The Kier molecular flexibility index (Phi) is 2.38. The van der Waals surface area contributed by atoms with E-state index in [0.717, 1.165) is 36.2 Å². The Morgan fingerprint density at radius 3 is 2.53 bits per heavy atom. The van der Waals surface area contributed by atoms with E-state index in [0.29, 0.717) is 12.1 Å². The molecule has 17 heavy (non-hydrogen) atoms. The number of hydrogen-bond donors (Lipinski definition) is 1. The Hall–Kier alpha value is -0.340. The van der Waals surface area contributed by atoms with Crippen LogP contribution in [0.4, 0.5) is 0 Å². The topological polar surface area (TPSA) is 35.2 Å². The SMILES string of the molecule is NC1CC2CC1CC2COC1CC2C=CC1C2. The van der Waals surface area contributed by atoms with Gasteiger partial charge in [0.2, 0.25) is 0 Å². The average Bonchev–Trinajstić information content (AvgIpc) is 3.05. The van der Waals surface area contributed by atoms with E-state index in [4.69, 9.17) is 10.5 Å². The van der Waals surface area contributed by atoms with Gasteiger partial charge in [-0.15, -0.1) is 0 Å². The highest BCUT2D eigenvalue weighted by atomic mass is 16.5. The predicted octanol–water partition coefficient (Wildman–Crippen LogP) is 2.34. The van der Waals surface area contributed by atoms with Crippen molar-refractivity contribution >= 4 is 0 Å². The van der Waals surface area contributed by atoms with Crippen molar-refractivity contribution in [2.45, 2.75) is 44.2 Å². The van der Waals surface area contributed by atoms with E-state index in [2.05, 4.69) is 12.2 Å². The second-order valence-corrected chi connectivity index (χ2v) is 6.80. The fraction of sp³-hybridized carbons (Fsp3) is 0.867. The Bertz CT molecular complexity index is 338. The van der Waals surface area contributed by atoms with Gasteiger partial charge in [0.05, 0.1) is 12.7 Å². The molecule has 0 amide bonds. The zero-order chi connectivity index (χ0) is 11.4. The molecule has 0 saturated heterocycles. The monoisotopic (exact) mass is 233 g/mol. The second-order valence-electron chi connectivity index (χ2n) is 6.80. The lowest BCUT2D eigenvalue weighted by molar-refractivity contribution is 0.00242. The van der Waals surface area contributed by atoms with Crippen LogP contribution in [0.25, 0.3) is 0 Å². The van der Waals surface area contributed by atoms with Crippen LogP contribution in [0.5, 0.6) is 0 Å². The number of ether oxygens (including phenoxy) is 1. The molecule has 4 aliphatic carbocycles. The van der Waals surface area contributed by atoms with Gasteiger partial charge in [-0.05, 0) is 55.8 Å². The van der Waals surface area contributed by atoms with Crippen LogP contribution in [0.3, 0.4) is 0 Å². The fourth-order valence-corrected chi connectivity index (χ4v) is 4.81. The molecule has 3 saturated carbocycles. The van der Waals surface area contributed by atoms with Crippen LogP contribution < -0.4 is 5.73 Å². The van der Waals surface area contributed by atoms with Crippen LogP contribution in [0.2, 0.25) is 0 Å². The summed E-state index contributed by atoms with van der Waals surface area (Å²) in [6.07, 6.45) is 11.9. The van der Waals surface area contributed by atoms with Crippen molar-refractivity contribution in [2.75, 3.05) is 6.61 Å². The highest BCUT2D eigenvalue weighted by molar-refractivity contribution is 5.11. The van der Waals surface area contributed by atoms with E-state index in [1.165, 1.54) is 32.1 Å². The molecule has 2 nitrogen and oxygen atoms in total. The van der Waals surface area contributed by atoms with Crippen molar-refractivity contribution in [3.63, 3.8) is 0 Å². The summed E-state index contributed by atoms with van der Waals surface area (Å²) in [5, 5.41) is 0. The summed E-state index contributed by atoms with van der Waals surface area (Å²) < 4.78 is 6.22. The number of fused-ring (bicyclic) bond motifs is 4. The van der Waals surface area contributed by atoms with Crippen LogP contribution in [0.15, 0.2) is 12.2 Å². The lowest BCUT2D eigenvalue weighted by Crippen LogP contribution is -2.32. The Morgan fingerprint density at radius 1 is 1.00 bits per heavy atom. The minimum absolute atomic E-state index is 0.502. The summed E-state index contributed by atoms with van der Waals surface area (Å²) in [4.78, 5) is 0. The molecule has 0 aromatic heterocycles. The van der Waals surface area contributed by atoms with E-state index in [-0.39, 0.29) is 0 Å². The summed E-state index contributed by atoms with van der Waals surface area (Å²) in [5.41, 5.74) is 6.10. The molecule has 4 rings (SSSR count). The van der Waals surface area contributed by atoms with Gasteiger partial charge >= 0.3 is 0 Å². The van der Waals surface area contributed by atoms with Gasteiger partial charge < -0.3 is 10.5 Å². The van der Waals surface area contributed by atoms with E-state index < -0.39 is 0 Å². The molecular formula is C15H23NO. The third kappa shape index (κ3) is 1.68. The maximum Gasteiger partial charge on any atom is 0.0643 e. The normalized spacial score (nSPS) is 55.0. The van der Waals surface area contributed by atoms with Gasteiger partial charge in [-0.25, -0.2) is 0 Å². The first-order valence-corrected chi connectivity index (χ1v) is 7.35. The molecule has 0 aromatic carbocycles. The quantitative estimate of drug-likeness (QED) is 0.759. The Labute approximate surface area is 104 Å². The number of hydrogen-bond acceptors (Lipinski definition) is 2. The van der Waals surface area contributed by atoms with E-state index in [9.17, 15) is 0 Å². The minimum Gasteiger partial charge on any atom is -0.377 e. The molecule has 7 unspecified atom stereocenters. The van der Waals surface area contributed by atoms with Crippen molar-refractivity contribution in [2.24, 2.45) is 35.3 Å². The third-order valence-corrected chi connectivity index (χ3v) is 5.80. The predicted molar refractivity (Wildman–Crippen MR) is 67.4 cm³/mol. The first kappa shape index (κ1) is 10.6. The Balaban J connectivity index is 1.31. The van der Waals surface area contributed by atoms with Crippen LogP contribution in [0, 0.1) is 29.6 Å². The lowest BCUT2D eigenvalue weighted by atomic mass is 9.87. The molecule has 7 atom stereocenters. The van der Waals surface area contributed by atoms with Gasteiger partial charge in [0.1, 0.15) is 0 Å². The first-order chi connectivity index (χ1) is 8.29. The van der Waals surface area contributed by atoms with Crippen molar-refractivity contribution in [1.82, 2.24) is 0 Å². The summed E-state index contributed by atoms with van der Waals surface area (Å²) in [7, 11) is 0. The van der Waals surface area contributed by atoms with Gasteiger partial charge in [0, 0.05) is 12.0 Å². The van der Waals surface area contributed by atoms with Gasteiger partial charge in [-0.1, -0.05) is 12.2 Å². The smallest absolute Gasteiger partial charge is 0.0643 e. The highest BCUT2D eigenvalue weighted by Gasteiger charge is 2.45. The molecule has 0 heterocycles. The zero-order valence-electron chi connectivity index (χ0n) is 10.4. The summed E-state index contributed by atoms with van der Waals surface area (Å²) >= 11 is 0. The summed E-state index contributed by atoms with van der Waals surface area (Å²) in [5.74, 6) is 4.08. The second kappa shape index (κ2) is 3.83. The molecule has 0 aromatic rings. The number of nitrogens with two attached hydrogens (primary N) is 1. The van der Waals surface area contributed by atoms with Gasteiger partial charge in [0.25, 0.3) is 0 Å². The molecule has 2 heteroatoms. The average molecular weight is 233 g/mol. The molecular weight excluding hydrogens is 210 g/mol. The molecule has 0 aliphatic heterocycles. The van der Waals surface area contributed by atoms with Crippen LogP contribution >= 0.6 is 0 Å². The van der Waals surface area contributed by atoms with E-state index >= 15 is 0 Å². The zero-order valence-corrected chi connectivity index (χ0v) is 10.4. The maximum atomic E-state index is 6.22. The van der Waals surface area contributed by atoms with Crippen LogP contribution in [-0.4, -0.2) is 18.8 Å². The van der Waals surface area contributed by atoms with E-state index in [1.807, 2.05) is 0 Å². The fourth-order valence-electron chi connectivity index (χ4n) is 4.81. The molecule has 4 bridgehead atoms. The molecule has 94 valence electrons. The van der Waals surface area contributed by atoms with Crippen molar-refractivity contribution in [3.8, 4) is 0 Å². The minimum atomic E-state index is 0.502. The summed E-state index contributed by atoms with van der Waals surface area (Å²) in [6, 6.07) is 0.502. The lowest BCUT2D eigenvalue weighted by Gasteiger charge is -2.28. The maximum absolute atomic E-state index is 6.22. The molecule has 0 radical (unpaired) electrons. The standard InChI is InChI=1S/C15H23NO/c16-14-7-11-5-12(14)6-13(11)8-17-15-4-9-1-2-10(15)3-9/h1-2,9-15H,3-8,16H2. The van der Waals surface area contributed by atoms with Gasteiger partial charge in [-0.3, -0.25) is 0 Å². The molecule has 3 fully saturated rings. The summed E-state index contributed by atoms with van der Waals surface area (Å²) in [6.45, 7) is 1.01. The number of rotatable bonds is 3. The van der Waals surface area contributed by atoms with Crippen molar-refractivity contribution < 1.29 is 4.74 Å². The highest BCUT2D eigenvalue weighted by Crippen LogP contribution is 2.48. The first-order valence-electron chi connectivity index (χ1n) is 7.35. The van der Waals surface area contributed by atoms with Gasteiger partial charge in [-0.2, -0.15) is 0 Å². The number of allylic oxidation sites excluding steroid dienone is 1. The van der Waals surface area contributed by atoms with Crippen LogP contribution in [0.1, 0.15) is 32.1 Å². The molecule has 4 aliphatic rings.